The minimum absolute atomic E-state index is 0.0404. The number of ether oxygens (including phenoxy) is 1. The number of hydrogen-bond donors (Lipinski definition) is 1. The Morgan fingerprint density at radius 2 is 2.45 bits per heavy atom. The zero-order valence-electron chi connectivity index (χ0n) is 11.2. The van der Waals surface area contributed by atoms with E-state index in [0.29, 0.717) is 26.2 Å². The molecule has 0 spiro atoms. The maximum Gasteiger partial charge on any atom is 0.250 e. The molecule has 0 radical (unpaired) electrons. The van der Waals surface area contributed by atoms with Crippen LogP contribution >= 0.6 is 0 Å². The highest BCUT2D eigenvalue weighted by Crippen LogP contribution is 2.14. The molecule has 5 nitrogen and oxygen atoms in total. The predicted molar refractivity (Wildman–Crippen MR) is 70.2 cm³/mol. The quantitative estimate of drug-likeness (QED) is 0.880. The topological polar surface area (TPSA) is 65.4 Å². The van der Waals surface area contributed by atoms with Crippen molar-refractivity contribution in [3.63, 3.8) is 0 Å². The molecule has 2 rings (SSSR count). The Labute approximate surface area is 116 Å². The van der Waals surface area contributed by atoms with Crippen molar-refractivity contribution >= 4 is 5.91 Å². The van der Waals surface area contributed by atoms with Crippen LogP contribution in [-0.4, -0.2) is 43.7 Å². The highest BCUT2D eigenvalue weighted by molar-refractivity contribution is 5.80. The van der Waals surface area contributed by atoms with Crippen LogP contribution in [0, 0.1) is 17.1 Å². The second kappa shape index (κ2) is 6.46. The first kappa shape index (κ1) is 14.4. The summed E-state index contributed by atoms with van der Waals surface area (Å²) in [5.74, 6) is -0.659. The summed E-state index contributed by atoms with van der Waals surface area (Å²) in [5, 5.41) is 11.4. The van der Waals surface area contributed by atoms with Gasteiger partial charge in [0.15, 0.2) is 0 Å². The Balaban J connectivity index is 2.03. The third-order valence-electron chi connectivity index (χ3n) is 3.25. The highest BCUT2D eigenvalue weighted by Gasteiger charge is 2.25. The lowest BCUT2D eigenvalue weighted by atomic mass is 10.1. The van der Waals surface area contributed by atoms with Crippen LogP contribution in [0.25, 0.3) is 0 Å². The summed E-state index contributed by atoms with van der Waals surface area (Å²) < 4.78 is 18.6. The van der Waals surface area contributed by atoms with Gasteiger partial charge in [0, 0.05) is 26.7 Å². The molecule has 1 saturated heterocycles. The van der Waals surface area contributed by atoms with Gasteiger partial charge in [0.05, 0.1) is 12.2 Å². The molecule has 0 bridgehead atoms. The Hall–Kier alpha value is -1.97. The molecule has 106 valence electrons. The van der Waals surface area contributed by atoms with Crippen LogP contribution in [0.1, 0.15) is 11.1 Å². The van der Waals surface area contributed by atoms with Crippen LogP contribution < -0.4 is 5.32 Å². The number of carbonyl (C=O) groups is 1. The number of morpholine rings is 1. The van der Waals surface area contributed by atoms with Crippen molar-refractivity contribution in [3.05, 3.63) is 35.1 Å². The largest absolute Gasteiger partial charge is 0.366 e. The van der Waals surface area contributed by atoms with Crippen molar-refractivity contribution in [2.75, 3.05) is 26.7 Å². The Morgan fingerprint density at radius 3 is 3.15 bits per heavy atom. The van der Waals surface area contributed by atoms with E-state index in [9.17, 15) is 9.18 Å². The van der Waals surface area contributed by atoms with Crippen LogP contribution in [0.2, 0.25) is 0 Å². The van der Waals surface area contributed by atoms with E-state index in [-0.39, 0.29) is 11.5 Å². The lowest BCUT2D eigenvalue weighted by molar-refractivity contribution is -0.138. The van der Waals surface area contributed by atoms with Crippen LogP contribution in [0.4, 0.5) is 4.39 Å². The second-order valence-corrected chi connectivity index (χ2v) is 4.63. The van der Waals surface area contributed by atoms with E-state index in [1.165, 1.54) is 6.07 Å². The van der Waals surface area contributed by atoms with E-state index < -0.39 is 11.9 Å². The van der Waals surface area contributed by atoms with Crippen molar-refractivity contribution in [3.8, 4) is 6.07 Å². The summed E-state index contributed by atoms with van der Waals surface area (Å²) in [6, 6.07) is 6.32. The second-order valence-electron chi connectivity index (χ2n) is 4.63. The lowest BCUT2D eigenvalue weighted by Gasteiger charge is -2.31. The number of nitriles is 1. The highest BCUT2D eigenvalue weighted by atomic mass is 19.1. The molecule has 1 heterocycles. The number of halogens is 1. The number of likely N-dealkylation sites (N-methyl/N-ethyl adjacent to an activating group) is 1. The third-order valence-corrected chi connectivity index (χ3v) is 3.25. The molecule has 1 amide bonds. The zero-order valence-corrected chi connectivity index (χ0v) is 11.2. The van der Waals surface area contributed by atoms with E-state index in [4.69, 9.17) is 10.00 Å². The number of nitrogens with one attached hydrogen (secondary N) is 1. The van der Waals surface area contributed by atoms with Crippen molar-refractivity contribution in [1.82, 2.24) is 10.2 Å². The van der Waals surface area contributed by atoms with Crippen LogP contribution in [-0.2, 0) is 16.1 Å². The number of rotatable bonds is 3. The average molecular weight is 277 g/mol. The molecule has 1 aliphatic heterocycles. The molecule has 1 unspecified atom stereocenters. The number of amides is 1. The molecule has 1 fully saturated rings. The van der Waals surface area contributed by atoms with Gasteiger partial charge in [-0.1, -0.05) is 6.07 Å². The first-order valence-electron chi connectivity index (χ1n) is 6.38. The Bertz CT molecular complexity index is 542. The number of hydrogen-bond acceptors (Lipinski definition) is 4. The standard InChI is InChI=1S/C14H16FN3O2/c1-17-14(19)13-9-18(4-5-20-13)8-10-2-3-12(15)11(6-10)7-16/h2-3,6,13H,4-5,8-9H2,1H3,(H,17,19). The van der Waals surface area contributed by atoms with Gasteiger partial charge in [0.1, 0.15) is 18.0 Å². The minimum atomic E-state index is -0.513. The fourth-order valence-electron chi connectivity index (χ4n) is 2.18. The van der Waals surface area contributed by atoms with E-state index in [2.05, 4.69) is 10.2 Å². The molecule has 1 aromatic rings. The Morgan fingerprint density at radius 1 is 1.65 bits per heavy atom. The SMILES string of the molecule is CNC(=O)C1CN(Cc2ccc(F)c(C#N)c2)CCO1. The number of nitrogens with zero attached hydrogens (tertiary/aromatic N) is 2. The van der Waals surface area contributed by atoms with Gasteiger partial charge in [0.2, 0.25) is 5.91 Å². The number of benzene rings is 1. The van der Waals surface area contributed by atoms with Crippen molar-refractivity contribution < 1.29 is 13.9 Å². The van der Waals surface area contributed by atoms with Gasteiger partial charge < -0.3 is 10.1 Å². The van der Waals surface area contributed by atoms with Crippen molar-refractivity contribution in [1.29, 1.82) is 5.26 Å². The van der Waals surface area contributed by atoms with Gasteiger partial charge in [-0.25, -0.2) is 4.39 Å². The smallest absolute Gasteiger partial charge is 0.250 e. The summed E-state index contributed by atoms with van der Waals surface area (Å²) in [5.41, 5.74) is 0.888. The van der Waals surface area contributed by atoms with Gasteiger partial charge in [-0.2, -0.15) is 5.26 Å². The molecule has 0 aromatic heterocycles. The fourth-order valence-corrected chi connectivity index (χ4v) is 2.18. The van der Waals surface area contributed by atoms with E-state index in [0.717, 1.165) is 5.56 Å². The maximum atomic E-state index is 13.3. The monoisotopic (exact) mass is 277 g/mol. The van der Waals surface area contributed by atoms with Crippen LogP contribution in [0.15, 0.2) is 18.2 Å². The Kier molecular flexibility index (Phi) is 4.66. The van der Waals surface area contributed by atoms with Gasteiger partial charge in [-0.15, -0.1) is 0 Å². The zero-order chi connectivity index (χ0) is 14.5. The van der Waals surface area contributed by atoms with Crippen LogP contribution in [0.5, 0.6) is 0 Å². The van der Waals surface area contributed by atoms with E-state index in [1.54, 1.807) is 19.2 Å². The summed E-state index contributed by atoms with van der Waals surface area (Å²) in [4.78, 5) is 13.6. The first-order valence-corrected chi connectivity index (χ1v) is 6.38. The molecule has 0 saturated carbocycles. The molecular formula is C14H16FN3O2. The van der Waals surface area contributed by atoms with E-state index >= 15 is 0 Å². The van der Waals surface area contributed by atoms with Gasteiger partial charge in [-0.3, -0.25) is 9.69 Å². The fraction of sp³-hybridized carbons (Fsp3) is 0.429. The molecule has 1 atom stereocenters. The first-order chi connectivity index (χ1) is 9.63. The molecular weight excluding hydrogens is 261 g/mol. The molecule has 6 heteroatoms. The van der Waals surface area contributed by atoms with Crippen molar-refractivity contribution in [2.45, 2.75) is 12.6 Å². The molecule has 1 aliphatic rings. The van der Waals surface area contributed by atoms with Gasteiger partial charge in [-0.05, 0) is 17.7 Å². The predicted octanol–water partition coefficient (Wildman–Crippen LogP) is 0.644. The molecule has 20 heavy (non-hydrogen) atoms. The average Bonchev–Trinajstić information content (AvgIpc) is 2.48. The lowest BCUT2D eigenvalue weighted by Crippen LogP contribution is -2.48. The molecule has 1 aromatic carbocycles. The minimum Gasteiger partial charge on any atom is -0.366 e. The molecule has 1 N–H and O–H groups in total. The summed E-state index contributed by atoms with van der Waals surface area (Å²) in [7, 11) is 1.57. The summed E-state index contributed by atoms with van der Waals surface area (Å²) in [6.07, 6.45) is -0.482. The maximum absolute atomic E-state index is 13.3. The van der Waals surface area contributed by atoms with Gasteiger partial charge >= 0.3 is 0 Å². The van der Waals surface area contributed by atoms with E-state index in [1.807, 2.05) is 6.07 Å². The molecule has 0 aliphatic carbocycles. The summed E-state index contributed by atoms with van der Waals surface area (Å²) >= 11 is 0. The number of carbonyl (C=O) groups excluding carboxylic acids is 1. The van der Waals surface area contributed by atoms with Crippen LogP contribution in [0.3, 0.4) is 0 Å². The normalized spacial score (nSPS) is 19.4. The third kappa shape index (κ3) is 3.32. The van der Waals surface area contributed by atoms with Crippen molar-refractivity contribution in [2.24, 2.45) is 0 Å². The van der Waals surface area contributed by atoms with Gasteiger partial charge in [0.25, 0.3) is 0 Å². The summed E-state index contributed by atoms with van der Waals surface area (Å²) in [6.45, 7) is 2.22.